The van der Waals surface area contributed by atoms with Crippen molar-refractivity contribution in [2.75, 3.05) is 20.1 Å². The second-order valence-electron chi connectivity index (χ2n) is 6.61. The first-order valence-corrected chi connectivity index (χ1v) is 8.27. The largest absolute Gasteiger partial charge is 0.459 e. The van der Waals surface area contributed by atoms with Crippen molar-refractivity contribution >= 4 is 27.6 Å². The zero-order valence-corrected chi connectivity index (χ0v) is 15.5. The molecule has 1 aromatic heterocycles. The second-order valence-corrected chi connectivity index (χ2v) is 7.53. The summed E-state index contributed by atoms with van der Waals surface area (Å²) in [5.41, 5.74) is 1.17. The van der Waals surface area contributed by atoms with Crippen LogP contribution in [-0.2, 0) is 14.4 Å². The molecule has 0 radical (unpaired) electrons. The summed E-state index contributed by atoms with van der Waals surface area (Å²) >= 11 is 3.36. The Hall–Kier alpha value is -1.47. The Labute approximate surface area is 145 Å². The van der Waals surface area contributed by atoms with Gasteiger partial charge in [0.15, 0.2) is 0 Å². The topological polar surface area (TPSA) is 64.0 Å². The molecule has 23 heavy (non-hydrogen) atoms. The van der Waals surface area contributed by atoms with Gasteiger partial charge in [-0.1, -0.05) is 5.16 Å². The number of ether oxygens (including phenoxy) is 1. The molecule has 0 saturated heterocycles. The Kier molecular flexibility index (Phi) is 5.75. The molecule has 1 aliphatic rings. The van der Waals surface area contributed by atoms with E-state index in [0.717, 1.165) is 15.9 Å². The van der Waals surface area contributed by atoms with Gasteiger partial charge in [0.05, 0.1) is 12.2 Å². The van der Waals surface area contributed by atoms with E-state index in [0.29, 0.717) is 13.0 Å². The molecule has 0 aromatic carbocycles. The fourth-order valence-electron chi connectivity index (χ4n) is 2.23. The second kappa shape index (κ2) is 7.40. The number of hydrogen-bond donors (Lipinski definition) is 0. The summed E-state index contributed by atoms with van der Waals surface area (Å²) in [5, 5.41) is 4.10. The SMILES string of the molecule is CN(CC(=O)OC(C)(C)C)C[C@@H]1CC(c2ccc(Br)cn2)=NO1. The summed E-state index contributed by atoms with van der Waals surface area (Å²) in [6.45, 7) is 6.40. The number of aromatic nitrogens is 1. The van der Waals surface area contributed by atoms with Crippen LogP contribution in [0, 0.1) is 0 Å². The molecule has 0 bridgehead atoms. The summed E-state index contributed by atoms with van der Waals surface area (Å²) in [5.74, 6) is -0.242. The van der Waals surface area contributed by atoms with Gasteiger partial charge in [-0.15, -0.1) is 0 Å². The minimum Gasteiger partial charge on any atom is -0.459 e. The lowest BCUT2D eigenvalue weighted by Crippen LogP contribution is -2.36. The van der Waals surface area contributed by atoms with Gasteiger partial charge < -0.3 is 9.57 Å². The number of carbonyl (C=O) groups excluding carboxylic acids is 1. The van der Waals surface area contributed by atoms with E-state index in [1.165, 1.54) is 0 Å². The Morgan fingerprint density at radius 2 is 2.22 bits per heavy atom. The normalized spacial score (nSPS) is 17.8. The lowest BCUT2D eigenvalue weighted by atomic mass is 10.1. The first-order valence-electron chi connectivity index (χ1n) is 7.48. The van der Waals surface area contributed by atoms with Crippen molar-refractivity contribution in [3.63, 3.8) is 0 Å². The zero-order valence-electron chi connectivity index (χ0n) is 13.9. The van der Waals surface area contributed by atoms with Crippen molar-refractivity contribution in [3.05, 3.63) is 28.5 Å². The monoisotopic (exact) mass is 383 g/mol. The highest BCUT2D eigenvalue weighted by Crippen LogP contribution is 2.17. The molecule has 0 spiro atoms. The Morgan fingerprint density at radius 3 is 2.83 bits per heavy atom. The Balaban J connectivity index is 1.80. The lowest BCUT2D eigenvalue weighted by molar-refractivity contribution is -0.156. The molecule has 2 heterocycles. The van der Waals surface area contributed by atoms with Crippen LogP contribution < -0.4 is 0 Å². The predicted octanol–water partition coefficient (Wildman–Crippen LogP) is 2.61. The van der Waals surface area contributed by atoms with E-state index in [2.05, 4.69) is 26.1 Å². The molecular formula is C16H22BrN3O3. The average molecular weight is 384 g/mol. The van der Waals surface area contributed by atoms with Crippen molar-refractivity contribution in [3.8, 4) is 0 Å². The number of likely N-dealkylation sites (N-methyl/N-ethyl adjacent to an activating group) is 1. The molecule has 0 fully saturated rings. The molecule has 6 nitrogen and oxygen atoms in total. The predicted molar refractivity (Wildman–Crippen MR) is 91.3 cm³/mol. The molecule has 0 saturated carbocycles. The minimum absolute atomic E-state index is 0.0807. The van der Waals surface area contributed by atoms with Gasteiger partial charge >= 0.3 is 5.97 Å². The molecule has 0 amide bonds. The molecule has 1 atom stereocenters. The van der Waals surface area contributed by atoms with E-state index in [9.17, 15) is 4.79 Å². The lowest BCUT2D eigenvalue weighted by Gasteiger charge is -2.23. The quantitative estimate of drug-likeness (QED) is 0.731. The molecule has 2 rings (SSSR count). The summed E-state index contributed by atoms with van der Waals surface area (Å²) in [7, 11) is 1.86. The maximum absolute atomic E-state index is 11.8. The van der Waals surface area contributed by atoms with E-state index < -0.39 is 5.60 Å². The number of rotatable bonds is 5. The van der Waals surface area contributed by atoms with Gasteiger partial charge in [-0.05, 0) is 55.9 Å². The van der Waals surface area contributed by atoms with Gasteiger partial charge in [-0.3, -0.25) is 14.7 Å². The summed E-state index contributed by atoms with van der Waals surface area (Å²) in [6, 6.07) is 3.83. The summed E-state index contributed by atoms with van der Waals surface area (Å²) in [4.78, 5) is 23.5. The van der Waals surface area contributed by atoms with E-state index >= 15 is 0 Å². The van der Waals surface area contributed by atoms with Crippen LogP contribution in [0.25, 0.3) is 0 Å². The number of esters is 1. The van der Waals surface area contributed by atoms with Crippen molar-refractivity contribution in [1.29, 1.82) is 0 Å². The molecule has 126 valence electrons. The number of halogens is 1. The first-order chi connectivity index (χ1) is 10.7. The number of pyridine rings is 1. The average Bonchev–Trinajstić information content (AvgIpc) is 2.85. The van der Waals surface area contributed by atoms with Gasteiger partial charge in [-0.25, -0.2) is 0 Å². The summed E-state index contributed by atoms with van der Waals surface area (Å²) < 4.78 is 6.24. The van der Waals surface area contributed by atoms with Crippen molar-refractivity contribution in [2.24, 2.45) is 5.16 Å². The minimum atomic E-state index is -0.467. The highest BCUT2D eigenvalue weighted by atomic mass is 79.9. The van der Waals surface area contributed by atoms with Gasteiger partial charge in [0, 0.05) is 23.6 Å². The number of oxime groups is 1. The van der Waals surface area contributed by atoms with Crippen LogP contribution in [0.5, 0.6) is 0 Å². The highest BCUT2D eigenvalue weighted by molar-refractivity contribution is 9.10. The molecule has 0 N–H and O–H groups in total. The van der Waals surface area contributed by atoms with Crippen molar-refractivity contribution in [1.82, 2.24) is 9.88 Å². The van der Waals surface area contributed by atoms with Crippen LogP contribution in [0.4, 0.5) is 0 Å². The van der Waals surface area contributed by atoms with E-state index in [1.807, 2.05) is 44.9 Å². The third kappa shape index (κ3) is 5.91. The summed E-state index contributed by atoms with van der Waals surface area (Å²) in [6.07, 6.45) is 2.33. The molecular weight excluding hydrogens is 362 g/mol. The molecule has 0 aliphatic carbocycles. The first kappa shape index (κ1) is 17.9. The van der Waals surface area contributed by atoms with Crippen LogP contribution in [0.2, 0.25) is 0 Å². The number of carbonyl (C=O) groups is 1. The zero-order chi connectivity index (χ0) is 17.0. The Morgan fingerprint density at radius 1 is 1.48 bits per heavy atom. The van der Waals surface area contributed by atoms with E-state index in [4.69, 9.17) is 9.57 Å². The van der Waals surface area contributed by atoms with Crippen LogP contribution >= 0.6 is 15.9 Å². The van der Waals surface area contributed by atoms with Crippen LogP contribution in [0.15, 0.2) is 28.0 Å². The van der Waals surface area contributed by atoms with Gasteiger partial charge in [0.25, 0.3) is 0 Å². The molecule has 1 aliphatic heterocycles. The number of nitrogens with zero attached hydrogens (tertiary/aromatic N) is 3. The fraction of sp³-hybridized carbons (Fsp3) is 0.562. The fourth-order valence-corrected chi connectivity index (χ4v) is 2.46. The third-order valence-electron chi connectivity index (χ3n) is 3.09. The van der Waals surface area contributed by atoms with Crippen molar-refractivity contribution < 1.29 is 14.4 Å². The van der Waals surface area contributed by atoms with Crippen molar-refractivity contribution in [2.45, 2.75) is 38.9 Å². The van der Waals surface area contributed by atoms with Gasteiger partial charge in [-0.2, -0.15) is 0 Å². The Bertz CT molecular complexity index is 581. The maximum atomic E-state index is 11.8. The number of hydrogen-bond acceptors (Lipinski definition) is 6. The third-order valence-corrected chi connectivity index (χ3v) is 3.56. The maximum Gasteiger partial charge on any atom is 0.320 e. The highest BCUT2D eigenvalue weighted by Gasteiger charge is 2.25. The van der Waals surface area contributed by atoms with Crippen LogP contribution in [0.1, 0.15) is 32.9 Å². The van der Waals surface area contributed by atoms with Crippen LogP contribution in [-0.4, -0.2) is 53.4 Å². The molecule has 7 heteroatoms. The smallest absolute Gasteiger partial charge is 0.320 e. The van der Waals surface area contributed by atoms with Gasteiger partial charge in [0.1, 0.15) is 17.4 Å². The van der Waals surface area contributed by atoms with Crippen LogP contribution in [0.3, 0.4) is 0 Å². The standard InChI is InChI=1S/C16H22BrN3O3/c1-16(2,3)22-15(21)10-20(4)9-12-7-14(19-23-12)13-6-5-11(17)8-18-13/h5-6,8,12H,7,9-10H2,1-4H3/t12-/m0/s1. The van der Waals surface area contributed by atoms with Gasteiger partial charge in [0.2, 0.25) is 0 Å². The molecule has 1 aromatic rings. The molecule has 0 unspecified atom stereocenters. The van der Waals surface area contributed by atoms with E-state index in [1.54, 1.807) is 6.20 Å². The van der Waals surface area contributed by atoms with E-state index in [-0.39, 0.29) is 18.6 Å².